The second-order valence-corrected chi connectivity index (χ2v) is 5.82. The summed E-state index contributed by atoms with van der Waals surface area (Å²) in [4.78, 5) is 20.2. The van der Waals surface area contributed by atoms with Crippen LogP contribution in [0.2, 0.25) is 0 Å². The Morgan fingerprint density at radius 3 is 2.76 bits per heavy atom. The van der Waals surface area contributed by atoms with Crippen molar-refractivity contribution < 1.29 is 4.79 Å². The van der Waals surface area contributed by atoms with Crippen LogP contribution < -0.4 is 5.43 Å². The number of hydrogen-bond acceptors (Lipinski definition) is 3. The number of carbonyl (C=O) groups is 1. The van der Waals surface area contributed by atoms with Crippen molar-refractivity contribution in [3.8, 4) is 0 Å². The van der Waals surface area contributed by atoms with Gasteiger partial charge in [-0.15, -0.1) is 0 Å². The number of hydrogen-bond donors (Lipinski definition) is 2. The quantitative estimate of drug-likeness (QED) is 0.444. The van der Waals surface area contributed by atoms with E-state index in [-0.39, 0.29) is 5.91 Å². The van der Waals surface area contributed by atoms with Crippen LogP contribution in [0.1, 0.15) is 21.6 Å². The van der Waals surface area contributed by atoms with Gasteiger partial charge in [0.05, 0.1) is 17.3 Å². The molecule has 1 amide bonds. The molecule has 0 unspecified atom stereocenters. The zero-order valence-corrected chi connectivity index (χ0v) is 13.7. The lowest BCUT2D eigenvalue weighted by molar-refractivity contribution is 0.0956. The number of benzene rings is 2. The number of aryl methyl sites for hydroxylation is 1. The molecular weight excluding hydrogens is 312 g/mol. The molecule has 0 radical (unpaired) electrons. The molecule has 5 heteroatoms. The summed E-state index contributed by atoms with van der Waals surface area (Å²) in [6.07, 6.45) is 3.51. The molecule has 25 heavy (non-hydrogen) atoms. The number of aromatic nitrogens is 2. The van der Waals surface area contributed by atoms with Gasteiger partial charge in [-0.1, -0.05) is 36.4 Å². The third kappa shape index (κ3) is 2.87. The fourth-order valence-electron chi connectivity index (χ4n) is 2.92. The predicted octanol–water partition coefficient (Wildman–Crippen LogP) is 3.79. The molecule has 0 saturated heterocycles. The SMILES string of the molecule is Cc1cc(C(=O)N/N=C/c2c[nH]c3ccccc23)c2ccccc2n1. The third-order valence-electron chi connectivity index (χ3n) is 4.08. The molecule has 2 aromatic carbocycles. The average molecular weight is 328 g/mol. The van der Waals surface area contributed by atoms with Crippen molar-refractivity contribution >= 4 is 33.9 Å². The number of nitrogens with zero attached hydrogens (tertiary/aromatic N) is 2. The summed E-state index contributed by atoms with van der Waals surface area (Å²) in [5.41, 5.74) is 6.73. The number of hydrazone groups is 1. The lowest BCUT2D eigenvalue weighted by Gasteiger charge is -2.06. The maximum Gasteiger partial charge on any atom is 0.272 e. The molecule has 122 valence electrons. The van der Waals surface area contributed by atoms with Crippen LogP contribution in [-0.4, -0.2) is 22.1 Å². The number of fused-ring (bicyclic) bond motifs is 2. The van der Waals surface area contributed by atoms with Gasteiger partial charge in [-0.05, 0) is 25.1 Å². The molecule has 0 aliphatic rings. The van der Waals surface area contributed by atoms with Gasteiger partial charge in [-0.25, -0.2) is 5.43 Å². The molecule has 0 saturated carbocycles. The highest BCUT2D eigenvalue weighted by atomic mass is 16.2. The molecule has 0 spiro atoms. The van der Waals surface area contributed by atoms with Gasteiger partial charge in [0.15, 0.2) is 0 Å². The standard InChI is InChI=1S/C20H16N4O/c1-13-10-17(16-7-3-5-9-19(16)23-13)20(25)24-22-12-14-11-21-18-8-4-2-6-15(14)18/h2-12,21H,1H3,(H,24,25)/b22-12+. The van der Waals surface area contributed by atoms with E-state index < -0.39 is 0 Å². The molecule has 2 N–H and O–H groups in total. The number of amides is 1. The summed E-state index contributed by atoms with van der Waals surface area (Å²) < 4.78 is 0. The fourth-order valence-corrected chi connectivity index (χ4v) is 2.92. The van der Waals surface area contributed by atoms with Gasteiger partial charge < -0.3 is 4.98 Å². The van der Waals surface area contributed by atoms with E-state index in [1.807, 2.05) is 61.7 Å². The van der Waals surface area contributed by atoms with Gasteiger partial charge in [0.1, 0.15) is 0 Å². The predicted molar refractivity (Wildman–Crippen MR) is 99.8 cm³/mol. The van der Waals surface area contributed by atoms with E-state index >= 15 is 0 Å². The maximum atomic E-state index is 12.5. The highest BCUT2D eigenvalue weighted by molar-refractivity contribution is 6.06. The fraction of sp³-hybridized carbons (Fsp3) is 0.0500. The van der Waals surface area contributed by atoms with Crippen molar-refractivity contribution in [2.45, 2.75) is 6.92 Å². The van der Waals surface area contributed by atoms with E-state index in [2.05, 4.69) is 20.5 Å². The van der Waals surface area contributed by atoms with Gasteiger partial charge in [-0.3, -0.25) is 9.78 Å². The Kier molecular flexibility index (Phi) is 3.74. The Bertz CT molecular complexity index is 1110. The topological polar surface area (TPSA) is 70.1 Å². The second kappa shape index (κ2) is 6.20. The minimum atomic E-state index is -0.252. The van der Waals surface area contributed by atoms with Gasteiger partial charge in [0, 0.05) is 33.7 Å². The van der Waals surface area contributed by atoms with E-state index in [1.165, 1.54) is 0 Å². The smallest absolute Gasteiger partial charge is 0.272 e. The molecule has 0 aliphatic carbocycles. The van der Waals surface area contributed by atoms with Crippen molar-refractivity contribution in [1.29, 1.82) is 0 Å². The Morgan fingerprint density at radius 2 is 1.88 bits per heavy atom. The molecule has 2 heterocycles. The zero-order chi connectivity index (χ0) is 17.2. The van der Waals surface area contributed by atoms with Crippen molar-refractivity contribution in [2.75, 3.05) is 0 Å². The van der Waals surface area contributed by atoms with Gasteiger partial charge in [-0.2, -0.15) is 5.10 Å². The first-order valence-corrected chi connectivity index (χ1v) is 7.98. The van der Waals surface area contributed by atoms with E-state index in [4.69, 9.17) is 0 Å². The molecular formula is C20H16N4O. The largest absolute Gasteiger partial charge is 0.361 e. The Labute approximate surface area is 144 Å². The Morgan fingerprint density at radius 1 is 1.12 bits per heavy atom. The summed E-state index contributed by atoms with van der Waals surface area (Å²) in [6.45, 7) is 1.87. The van der Waals surface area contributed by atoms with Gasteiger partial charge >= 0.3 is 0 Å². The van der Waals surface area contributed by atoms with E-state index in [9.17, 15) is 4.79 Å². The number of rotatable bonds is 3. The normalized spacial score (nSPS) is 11.4. The molecule has 2 aromatic heterocycles. The molecule has 0 atom stereocenters. The third-order valence-corrected chi connectivity index (χ3v) is 4.08. The molecule has 4 aromatic rings. The van der Waals surface area contributed by atoms with E-state index in [0.717, 1.165) is 33.1 Å². The summed E-state index contributed by atoms with van der Waals surface area (Å²) in [7, 11) is 0. The van der Waals surface area contributed by atoms with E-state index in [1.54, 1.807) is 12.3 Å². The summed E-state index contributed by atoms with van der Waals surface area (Å²) >= 11 is 0. The summed E-state index contributed by atoms with van der Waals surface area (Å²) in [5, 5.41) is 5.99. The number of carbonyl (C=O) groups excluding carboxylic acids is 1. The van der Waals surface area contributed by atoms with Crippen LogP contribution in [0.15, 0.2) is 65.9 Å². The summed E-state index contributed by atoms with van der Waals surface area (Å²) in [6, 6.07) is 17.3. The average Bonchev–Trinajstić information content (AvgIpc) is 3.04. The first-order valence-electron chi connectivity index (χ1n) is 7.98. The highest BCUT2D eigenvalue weighted by Crippen LogP contribution is 2.18. The number of nitrogens with one attached hydrogen (secondary N) is 2. The van der Waals surface area contributed by atoms with Crippen LogP contribution in [0, 0.1) is 6.92 Å². The maximum absolute atomic E-state index is 12.5. The summed E-state index contributed by atoms with van der Waals surface area (Å²) in [5.74, 6) is -0.252. The van der Waals surface area contributed by atoms with Crippen molar-refractivity contribution in [3.05, 3.63) is 77.6 Å². The van der Waals surface area contributed by atoms with Crippen LogP contribution >= 0.6 is 0 Å². The number of para-hydroxylation sites is 2. The van der Waals surface area contributed by atoms with Crippen LogP contribution in [-0.2, 0) is 0 Å². The molecule has 0 aliphatic heterocycles. The number of pyridine rings is 1. The first kappa shape index (κ1) is 15.1. The van der Waals surface area contributed by atoms with E-state index in [0.29, 0.717) is 5.56 Å². The minimum Gasteiger partial charge on any atom is -0.361 e. The Hall–Kier alpha value is -3.47. The van der Waals surface area contributed by atoms with Crippen molar-refractivity contribution in [1.82, 2.24) is 15.4 Å². The van der Waals surface area contributed by atoms with Crippen LogP contribution in [0.3, 0.4) is 0 Å². The first-order chi connectivity index (χ1) is 12.2. The zero-order valence-electron chi connectivity index (χ0n) is 13.7. The highest BCUT2D eigenvalue weighted by Gasteiger charge is 2.11. The lowest BCUT2D eigenvalue weighted by Crippen LogP contribution is -2.18. The monoisotopic (exact) mass is 328 g/mol. The van der Waals surface area contributed by atoms with Gasteiger partial charge in [0.25, 0.3) is 5.91 Å². The van der Waals surface area contributed by atoms with Crippen molar-refractivity contribution in [3.63, 3.8) is 0 Å². The minimum absolute atomic E-state index is 0.252. The van der Waals surface area contributed by atoms with Crippen molar-refractivity contribution in [2.24, 2.45) is 5.10 Å². The lowest BCUT2D eigenvalue weighted by atomic mass is 10.1. The molecule has 0 fully saturated rings. The van der Waals surface area contributed by atoms with Gasteiger partial charge in [0.2, 0.25) is 0 Å². The van der Waals surface area contributed by atoms with Crippen LogP contribution in [0.5, 0.6) is 0 Å². The number of H-pyrrole nitrogens is 1. The molecule has 5 nitrogen and oxygen atoms in total. The Balaban J connectivity index is 1.60. The second-order valence-electron chi connectivity index (χ2n) is 5.82. The van der Waals surface area contributed by atoms with Crippen LogP contribution in [0.4, 0.5) is 0 Å². The number of aromatic amines is 1. The molecule has 0 bridgehead atoms. The van der Waals surface area contributed by atoms with Crippen LogP contribution in [0.25, 0.3) is 21.8 Å². The molecule has 4 rings (SSSR count).